The van der Waals surface area contributed by atoms with Crippen LogP contribution in [0.5, 0.6) is 0 Å². The quantitative estimate of drug-likeness (QED) is 0.367. The average Bonchev–Trinajstić information content (AvgIpc) is 2.65. The molecule has 1 saturated heterocycles. The maximum atomic E-state index is 11.8. The molecule has 3 heterocycles. The molecule has 190 valence electrons. The van der Waals surface area contributed by atoms with E-state index in [-0.39, 0.29) is 45.8 Å². The zero-order valence-corrected chi connectivity index (χ0v) is 22.6. The first-order valence-corrected chi connectivity index (χ1v) is 11.0. The zero-order chi connectivity index (χ0) is 25.1. The Labute approximate surface area is 211 Å². The molecule has 3 N–H and O–H groups in total. The second-order valence-electron chi connectivity index (χ2n) is 10.3. The van der Waals surface area contributed by atoms with Crippen LogP contribution in [0, 0.1) is 11.3 Å². The number of ether oxygens (including phenoxy) is 1. The fraction of sp³-hybridized carbons (Fsp3) is 0.583. The normalized spacial score (nSPS) is 21.4. The van der Waals surface area contributed by atoms with Crippen LogP contribution in [0.4, 0.5) is 4.79 Å². The lowest BCUT2D eigenvalue weighted by Crippen LogP contribution is -2.64. The molecule has 0 spiro atoms. The molecule has 3 rings (SSSR count). The number of halogens is 1. The van der Waals surface area contributed by atoms with E-state index in [1.165, 1.54) is 17.9 Å². The number of Topliss-reactive ketones (excluding diaryl/α,β-unsaturated/α-hetero) is 1. The Morgan fingerprint density at radius 2 is 1.79 bits per heavy atom. The summed E-state index contributed by atoms with van der Waals surface area (Å²) in [6.07, 6.45) is 6.11. The molecule has 1 fully saturated rings. The molecule has 0 aromatic carbocycles. The van der Waals surface area contributed by atoms with Crippen LogP contribution in [0.15, 0.2) is 35.3 Å². The molecule has 2 atom stereocenters. The van der Waals surface area contributed by atoms with Gasteiger partial charge in [-0.15, -0.1) is 17.0 Å². The van der Waals surface area contributed by atoms with Crippen molar-refractivity contribution in [2.75, 3.05) is 6.54 Å². The summed E-state index contributed by atoms with van der Waals surface area (Å²) in [5, 5.41) is 14.8. The number of carbonyl (C=O) groups is 4. The Hall–Kier alpha value is -2.62. The average molecular weight is 542 g/mol. The lowest BCUT2D eigenvalue weighted by Gasteiger charge is -2.48. The van der Waals surface area contributed by atoms with E-state index < -0.39 is 23.6 Å². The summed E-state index contributed by atoms with van der Waals surface area (Å²) < 4.78 is 5.26. The van der Waals surface area contributed by atoms with E-state index >= 15 is 0 Å². The molecule has 0 bridgehead atoms. The number of dihydropyridines is 1. The molecule has 10 heteroatoms. The number of alkyl carbamates (subject to hydrolysis) is 1. The minimum Gasteiger partial charge on any atom is -0.477 e. The SMILES string of the molecule is Br.CC(=O)C1C(=O)N2C(C(=O)O)=CCC[C@@H]12.CC(C)(C)OC(=O)NC1=C(C(C)(C)C)CNC=C1. The van der Waals surface area contributed by atoms with E-state index in [1.54, 1.807) is 0 Å². The van der Waals surface area contributed by atoms with Gasteiger partial charge in [-0.1, -0.05) is 26.8 Å². The van der Waals surface area contributed by atoms with Crippen molar-refractivity contribution in [1.82, 2.24) is 15.5 Å². The molecule has 2 amide bonds. The molecule has 0 radical (unpaired) electrons. The topological polar surface area (TPSA) is 125 Å². The lowest BCUT2D eigenvalue weighted by atomic mass is 9.79. The number of β-lactam (4-membered cyclic amide) rings is 1. The number of aliphatic carboxylic acids is 1. The van der Waals surface area contributed by atoms with E-state index in [2.05, 4.69) is 31.4 Å². The highest BCUT2D eigenvalue weighted by Gasteiger charge is 2.53. The molecule has 34 heavy (non-hydrogen) atoms. The predicted molar refractivity (Wildman–Crippen MR) is 133 cm³/mol. The van der Waals surface area contributed by atoms with Crippen molar-refractivity contribution in [3.05, 3.63) is 35.3 Å². The van der Waals surface area contributed by atoms with E-state index in [0.29, 0.717) is 12.8 Å². The second kappa shape index (κ2) is 11.2. The van der Waals surface area contributed by atoms with Crippen LogP contribution in [0.25, 0.3) is 0 Å². The van der Waals surface area contributed by atoms with Gasteiger partial charge in [0.1, 0.15) is 23.0 Å². The largest absolute Gasteiger partial charge is 0.477 e. The van der Waals surface area contributed by atoms with Crippen LogP contribution >= 0.6 is 17.0 Å². The number of hydrogen-bond acceptors (Lipinski definition) is 6. The fourth-order valence-electron chi connectivity index (χ4n) is 3.96. The summed E-state index contributed by atoms with van der Waals surface area (Å²) in [6.45, 7) is 14.0. The van der Waals surface area contributed by atoms with Crippen molar-refractivity contribution < 1.29 is 29.0 Å². The summed E-state index contributed by atoms with van der Waals surface area (Å²) >= 11 is 0. The molecule has 1 unspecified atom stereocenters. The van der Waals surface area contributed by atoms with Gasteiger partial charge in [0.05, 0.1) is 6.04 Å². The van der Waals surface area contributed by atoms with Crippen LogP contribution in [0.1, 0.15) is 61.3 Å². The molecule has 0 aromatic heterocycles. The Kier molecular flexibility index (Phi) is 9.69. The number of nitrogens with one attached hydrogen (secondary N) is 2. The van der Waals surface area contributed by atoms with Gasteiger partial charge in [0, 0.05) is 12.2 Å². The minimum atomic E-state index is -1.10. The standard InChI is InChI=1S/C14H24N2O2.C10H11NO4.BrH/c1-13(2,3)10-9-15-8-7-11(10)16-12(17)18-14(4,5)6;1-5(12)8-6-3-2-4-7(10(14)15)11(6)9(8)13;/h7-8,15H,9H2,1-6H3,(H,16,17);4,6,8H,2-3H2,1H3,(H,14,15);1H/t;6-,8?;/m.0./s1. The number of carboxylic acids is 1. The summed E-state index contributed by atoms with van der Waals surface area (Å²) in [7, 11) is 0. The Morgan fingerprint density at radius 1 is 1.18 bits per heavy atom. The third-order valence-electron chi connectivity index (χ3n) is 5.45. The highest BCUT2D eigenvalue weighted by atomic mass is 79.9. The summed E-state index contributed by atoms with van der Waals surface area (Å²) in [5.41, 5.74) is 1.53. The minimum absolute atomic E-state index is 0. The monoisotopic (exact) mass is 541 g/mol. The van der Waals surface area contributed by atoms with E-state index in [9.17, 15) is 19.2 Å². The summed E-state index contributed by atoms with van der Waals surface area (Å²) in [6, 6.07) is -0.230. The van der Waals surface area contributed by atoms with Gasteiger partial charge in [-0.25, -0.2) is 9.59 Å². The fourth-order valence-corrected chi connectivity index (χ4v) is 3.96. The third kappa shape index (κ3) is 7.19. The van der Waals surface area contributed by atoms with Gasteiger partial charge >= 0.3 is 12.1 Å². The predicted octanol–water partition coefficient (Wildman–Crippen LogP) is 3.67. The highest BCUT2D eigenvalue weighted by molar-refractivity contribution is 8.93. The Balaban J connectivity index is 0.000000334. The maximum Gasteiger partial charge on any atom is 0.412 e. The Bertz CT molecular complexity index is 924. The van der Waals surface area contributed by atoms with Gasteiger partial charge in [-0.3, -0.25) is 14.9 Å². The molecule has 3 aliphatic heterocycles. The van der Waals surface area contributed by atoms with E-state index in [4.69, 9.17) is 9.84 Å². The number of fused-ring (bicyclic) bond motifs is 1. The molecular formula is C24H36BrN3O6. The van der Waals surface area contributed by atoms with E-state index in [1.807, 2.05) is 33.0 Å². The van der Waals surface area contributed by atoms with Gasteiger partial charge in [0.2, 0.25) is 5.91 Å². The van der Waals surface area contributed by atoms with Crippen molar-refractivity contribution >= 4 is 40.7 Å². The van der Waals surface area contributed by atoms with Crippen molar-refractivity contribution in [1.29, 1.82) is 0 Å². The van der Waals surface area contributed by atoms with Crippen LogP contribution in [-0.2, 0) is 19.1 Å². The molecular weight excluding hydrogens is 506 g/mol. The highest BCUT2D eigenvalue weighted by Crippen LogP contribution is 2.37. The number of allylic oxidation sites excluding steroid dienone is 2. The van der Waals surface area contributed by atoms with E-state index in [0.717, 1.165) is 17.8 Å². The molecule has 0 aromatic rings. The molecule has 9 nitrogen and oxygen atoms in total. The first-order valence-electron chi connectivity index (χ1n) is 11.0. The van der Waals surface area contributed by atoms with Gasteiger partial charge in [-0.2, -0.15) is 0 Å². The van der Waals surface area contributed by atoms with Crippen LogP contribution in [0.2, 0.25) is 0 Å². The smallest absolute Gasteiger partial charge is 0.412 e. The van der Waals surface area contributed by atoms with Crippen LogP contribution < -0.4 is 10.6 Å². The van der Waals surface area contributed by atoms with Crippen molar-refractivity contribution in [3.8, 4) is 0 Å². The number of amides is 2. The number of rotatable bonds is 3. The van der Waals surface area contributed by atoms with Gasteiger partial charge in [-0.05, 0) is 63.8 Å². The van der Waals surface area contributed by atoms with Crippen molar-refractivity contribution in [3.63, 3.8) is 0 Å². The van der Waals surface area contributed by atoms with Gasteiger partial charge < -0.3 is 20.1 Å². The first kappa shape index (κ1) is 29.4. The number of ketones is 1. The van der Waals surface area contributed by atoms with Crippen molar-refractivity contribution in [2.45, 2.75) is 73.0 Å². The van der Waals surface area contributed by atoms with Gasteiger partial charge in [0.25, 0.3) is 0 Å². The lowest BCUT2D eigenvalue weighted by molar-refractivity contribution is -0.162. The van der Waals surface area contributed by atoms with Gasteiger partial charge in [0.15, 0.2) is 0 Å². The van der Waals surface area contributed by atoms with Crippen molar-refractivity contribution in [2.24, 2.45) is 11.3 Å². The van der Waals surface area contributed by atoms with Crippen LogP contribution in [-0.4, -0.2) is 51.9 Å². The first-order chi connectivity index (χ1) is 15.1. The molecule has 0 aliphatic carbocycles. The summed E-state index contributed by atoms with van der Waals surface area (Å²) in [5.74, 6) is -2.27. The Morgan fingerprint density at radius 3 is 2.29 bits per heavy atom. The third-order valence-corrected chi connectivity index (χ3v) is 5.45. The number of carboxylic acid groups (broad SMARTS) is 1. The molecule has 3 aliphatic rings. The number of nitrogens with zero attached hydrogens (tertiary/aromatic N) is 1. The maximum absolute atomic E-state index is 11.8. The second-order valence-corrected chi connectivity index (χ2v) is 10.3. The van der Waals surface area contributed by atoms with Crippen LogP contribution in [0.3, 0.4) is 0 Å². The number of carbonyl (C=O) groups excluding carboxylic acids is 3. The molecule has 0 saturated carbocycles. The number of hydrogen-bond donors (Lipinski definition) is 3. The zero-order valence-electron chi connectivity index (χ0n) is 20.9. The summed E-state index contributed by atoms with van der Waals surface area (Å²) in [4.78, 5) is 46.5.